The van der Waals surface area contributed by atoms with Crippen molar-refractivity contribution in [3.05, 3.63) is 52.1 Å². The summed E-state index contributed by atoms with van der Waals surface area (Å²) in [6.07, 6.45) is 5.68. The molecule has 0 aromatic heterocycles. The maximum atomic E-state index is 5.94. The normalized spacial score (nSPS) is 15.2. The Morgan fingerprint density at radius 2 is 1.25 bits per heavy atom. The van der Waals surface area contributed by atoms with Crippen molar-refractivity contribution in [2.75, 3.05) is 6.61 Å². The van der Waals surface area contributed by atoms with Crippen molar-refractivity contribution in [1.82, 2.24) is 0 Å². The molecule has 0 atom stereocenters. The summed E-state index contributed by atoms with van der Waals surface area (Å²) in [7, 11) is 0. The van der Waals surface area contributed by atoms with Crippen LogP contribution in [0.2, 0.25) is 0 Å². The fourth-order valence-electron chi connectivity index (χ4n) is 4.21. The number of hydrogen-bond acceptors (Lipinski definition) is 1. The first-order valence-electron chi connectivity index (χ1n) is 9.42. The van der Waals surface area contributed by atoms with Crippen molar-refractivity contribution in [3.8, 4) is 16.9 Å². The second-order valence-electron chi connectivity index (χ2n) is 8.38. The molecule has 0 saturated carbocycles. The first kappa shape index (κ1) is 15.7. The quantitative estimate of drug-likeness (QED) is 0.711. The van der Waals surface area contributed by atoms with Gasteiger partial charge in [-0.15, -0.1) is 0 Å². The van der Waals surface area contributed by atoms with Gasteiger partial charge in [0.15, 0.2) is 0 Å². The van der Waals surface area contributed by atoms with E-state index in [1.807, 2.05) is 0 Å². The van der Waals surface area contributed by atoms with Gasteiger partial charge in [-0.2, -0.15) is 0 Å². The highest BCUT2D eigenvalue weighted by molar-refractivity contribution is 5.82. The minimum absolute atomic E-state index is 0.226. The summed E-state index contributed by atoms with van der Waals surface area (Å²) in [6.45, 7) is 9.95. The van der Waals surface area contributed by atoms with E-state index < -0.39 is 0 Å². The first-order valence-corrected chi connectivity index (χ1v) is 9.42. The van der Waals surface area contributed by atoms with Crippen LogP contribution in [0, 0.1) is 0 Å². The summed E-state index contributed by atoms with van der Waals surface area (Å²) < 4.78 is 5.94. The molecule has 2 aliphatic carbocycles. The standard InChI is InChI=1S/C23H28O/c1-5-10-24-20-13-17-8-6-15-11-19(23(2,3)4)12-16-7-9-18(14-20)22(17)21(15)16/h11-14H,5-10H2,1-4H3. The maximum Gasteiger partial charge on any atom is 0.119 e. The second-order valence-corrected chi connectivity index (χ2v) is 8.38. The van der Waals surface area contributed by atoms with E-state index in [4.69, 9.17) is 4.74 Å². The van der Waals surface area contributed by atoms with E-state index in [9.17, 15) is 0 Å². The van der Waals surface area contributed by atoms with E-state index in [2.05, 4.69) is 52.0 Å². The number of aryl methyl sites for hydroxylation is 4. The van der Waals surface area contributed by atoms with E-state index in [1.54, 1.807) is 16.7 Å². The second kappa shape index (κ2) is 5.65. The lowest BCUT2D eigenvalue weighted by Crippen LogP contribution is -2.18. The van der Waals surface area contributed by atoms with Crippen LogP contribution in [0.5, 0.6) is 5.75 Å². The summed E-state index contributed by atoms with van der Waals surface area (Å²) in [6, 6.07) is 9.53. The minimum atomic E-state index is 0.226. The van der Waals surface area contributed by atoms with Crippen LogP contribution in [-0.4, -0.2) is 6.61 Å². The van der Waals surface area contributed by atoms with Gasteiger partial charge in [0.05, 0.1) is 6.61 Å². The Morgan fingerprint density at radius 3 is 1.67 bits per heavy atom. The summed E-state index contributed by atoms with van der Waals surface area (Å²) >= 11 is 0. The number of benzene rings is 2. The lowest BCUT2D eigenvalue weighted by Gasteiger charge is -2.32. The summed E-state index contributed by atoms with van der Waals surface area (Å²) in [5.41, 5.74) is 10.9. The fraction of sp³-hybridized carbons (Fsp3) is 0.478. The predicted molar refractivity (Wildman–Crippen MR) is 101 cm³/mol. The topological polar surface area (TPSA) is 9.23 Å². The molecule has 0 N–H and O–H groups in total. The Labute approximate surface area is 146 Å². The molecular weight excluding hydrogens is 292 g/mol. The van der Waals surface area contributed by atoms with Crippen LogP contribution in [0.25, 0.3) is 11.1 Å². The molecule has 1 heteroatoms. The average Bonchev–Trinajstić information content (AvgIpc) is 2.56. The van der Waals surface area contributed by atoms with Crippen molar-refractivity contribution in [1.29, 1.82) is 0 Å². The first-order chi connectivity index (χ1) is 11.5. The van der Waals surface area contributed by atoms with Gasteiger partial charge in [-0.1, -0.05) is 39.8 Å². The molecule has 0 amide bonds. The Kier molecular flexibility index (Phi) is 3.71. The van der Waals surface area contributed by atoms with Crippen LogP contribution in [0.15, 0.2) is 24.3 Å². The lowest BCUT2D eigenvalue weighted by atomic mass is 9.72. The van der Waals surface area contributed by atoms with Gasteiger partial charge in [0.1, 0.15) is 5.75 Å². The van der Waals surface area contributed by atoms with Gasteiger partial charge in [0, 0.05) is 0 Å². The Balaban J connectivity index is 1.85. The van der Waals surface area contributed by atoms with Crippen LogP contribution in [0.3, 0.4) is 0 Å². The molecule has 2 aliphatic rings. The molecule has 0 spiro atoms. The van der Waals surface area contributed by atoms with Gasteiger partial charge in [-0.25, -0.2) is 0 Å². The van der Waals surface area contributed by atoms with Gasteiger partial charge in [-0.3, -0.25) is 0 Å². The third-order valence-corrected chi connectivity index (χ3v) is 5.49. The van der Waals surface area contributed by atoms with Crippen LogP contribution >= 0.6 is 0 Å². The monoisotopic (exact) mass is 320 g/mol. The SMILES string of the molecule is CCCOc1cc2c3c(c1)CCc1cc(C(C)(C)C)cc(c1-3)CC2. The largest absolute Gasteiger partial charge is 0.494 e. The molecule has 1 nitrogen and oxygen atoms in total. The van der Waals surface area contributed by atoms with Crippen LogP contribution in [0.1, 0.15) is 61.9 Å². The van der Waals surface area contributed by atoms with E-state index >= 15 is 0 Å². The third kappa shape index (κ3) is 2.55. The molecule has 0 radical (unpaired) electrons. The molecule has 0 aliphatic heterocycles. The zero-order valence-electron chi connectivity index (χ0n) is 15.5. The van der Waals surface area contributed by atoms with Gasteiger partial charge in [-0.05, 0) is 88.6 Å². The molecule has 2 aromatic carbocycles. The van der Waals surface area contributed by atoms with E-state index in [-0.39, 0.29) is 5.41 Å². The fourth-order valence-corrected chi connectivity index (χ4v) is 4.21. The Morgan fingerprint density at radius 1 is 0.792 bits per heavy atom. The van der Waals surface area contributed by atoms with Crippen molar-refractivity contribution in [2.45, 2.75) is 65.2 Å². The highest BCUT2D eigenvalue weighted by Crippen LogP contribution is 2.45. The van der Waals surface area contributed by atoms with E-state index in [1.165, 1.54) is 22.3 Å². The van der Waals surface area contributed by atoms with Gasteiger partial charge in [0.25, 0.3) is 0 Å². The Bertz CT molecular complexity index is 742. The molecule has 0 fully saturated rings. The minimum Gasteiger partial charge on any atom is -0.494 e. The number of rotatable bonds is 3. The van der Waals surface area contributed by atoms with Gasteiger partial charge < -0.3 is 4.74 Å². The van der Waals surface area contributed by atoms with Crippen LogP contribution < -0.4 is 4.74 Å². The molecular formula is C23H28O. The highest BCUT2D eigenvalue weighted by Gasteiger charge is 2.28. The smallest absolute Gasteiger partial charge is 0.119 e. The summed E-state index contributed by atoms with van der Waals surface area (Å²) in [5, 5.41) is 0. The van der Waals surface area contributed by atoms with Crippen molar-refractivity contribution < 1.29 is 4.74 Å². The third-order valence-electron chi connectivity index (χ3n) is 5.49. The number of hydrogen-bond donors (Lipinski definition) is 0. The highest BCUT2D eigenvalue weighted by atomic mass is 16.5. The van der Waals surface area contributed by atoms with Gasteiger partial charge >= 0.3 is 0 Å². The molecule has 0 heterocycles. The van der Waals surface area contributed by atoms with Crippen molar-refractivity contribution in [3.63, 3.8) is 0 Å². The lowest BCUT2D eigenvalue weighted by molar-refractivity contribution is 0.317. The molecule has 0 unspecified atom stereocenters. The summed E-state index contributed by atoms with van der Waals surface area (Å²) in [4.78, 5) is 0. The molecule has 24 heavy (non-hydrogen) atoms. The van der Waals surface area contributed by atoms with Crippen molar-refractivity contribution >= 4 is 0 Å². The number of ether oxygens (including phenoxy) is 1. The zero-order chi connectivity index (χ0) is 16.9. The Hall–Kier alpha value is -1.76. The summed E-state index contributed by atoms with van der Waals surface area (Å²) in [5.74, 6) is 1.07. The van der Waals surface area contributed by atoms with Gasteiger partial charge in [0.2, 0.25) is 0 Å². The zero-order valence-corrected chi connectivity index (χ0v) is 15.5. The van der Waals surface area contributed by atoms with E-state index in [0.29, 0.717) is 0 Å². The van der Waals surface area contributed by atoms with Crippen LogP contribution in [-0.2, 0) is 31.1 Å². The molecule has 0 saturated heterocycles. The molecule has 2 aromatic rings. The maximum absolute atomic E-state index is 5.94. The molecule has 0 bridgehead atoms. The predicted octanol–water partition coefficient (Wildman–Crippen LogP) is 5.64. The van der Waals surface area contributed by atoms with E-state index in [0.717, 1.165) is 44.5 Å². The van der Waals surface area contributed by atoms with Crippen molar-refractivity contribution in [2.24, 2.45) is 0 Å². The molecule has 4 rings (SSSR count). The van der Waals surface area contributed by atoms with Crippen LogP contribution in [0.4, 0.5) is 0 Å². The molecule has 126 valence electrons. The average molecular weight is 320 g/mol.